The van der Waals surface area contributed by atoms with Gasteiger partial charge in [-0.3, -0.25) is 9.69 Å². The molecule has 0 bridgehead atoms. The molecule has 0 aromatic carbocycles. The Kier molecular flexibility index (Phi) is 4.77. The number of nitrogens with zero attached hydrogens (tertiary/aromatic N) is 3. The molecule has 0 spiro atoms. The highest BCUT2D eigenvalue weighted by atomic mass is 32.1. The van der Waals surface area contributed by atoms with Gasteiger partial charge >= 0.3 is 0 Å². The number of thiophene rings is 1. The normalized spacial score (nSPS) is 14.4. The van der Waals surface area contributed by atoms with E-state index in [1.165, 1.54) is 10.4 Å². The summed E-state index contributed by atoms with van der Waals surface area (Å²) in [6.07, 6.45) is 3.21. The number of rotatable bonds is 7. The van der Waals surface area contributed by atoms with Crippen molar-refractivity contribution < 1.29 is 9.21 Å². The van der Waals surface area contributed by atoms with Crippen LogP contribution in [0.1, 0.15) is 36.1 Å². The van der Waals surface area contributed by atoms with Crippen molar-refractivity contribution in [3.63, 3.8) is 0 Å². The van der Waals surface area contributed by atoms with E-state index in [4.69, 9.17) is 4.42 Å². The fourth-order valence-corrected chi connectivity index (χ4v) is 3.46. The Bertz CT molecular complexity index is 690. The van der Waals surface area contributed by atoms with E-state index in [1.807, 2.05) is 11.9 Å². The zero-order chi connectivity index (χ0) is 16.4. The quantitative estimate of drug-likeness (QED) is 0.842. The van der Waals surface area contributed by atoms with Gasteiger partial charge in [-0.2, -0.15) is 0 Å². The van der Waals surface area contributed by atoms with E-state index in [0.717, 1.165) is 24.1 Å². The van der Waals surface area contributed by atoms with Crippen molar-refractivity contribution in [2.75, 3.05) is 13.6 Å². The van der Waals surface area contributed by atoms with Gasteiger partial charge in [0, 0.05) is 10.9 Å². The van der Waals surface area contributed by atoms with Crippen molar-refractivity contribution in [3.05, 3.63) is 22.4 Å². The van der Waals surface area contributed by atoms with E-state index in [2.05, 4.69) is 35.4 Å². The average Bonchev–Trinajstić information content (AvgIpc) is 3.04. The van der Waals surface area contributed by atoms with E-state index in [-0.39, 0.29) is 5.91 Å². The molecule has 1 fully saturated rings. The zero-order valence-corrected chi connectivity index (χ0v) is 14.6. The van der Waals surface area contributed by atoms with Crippen LogP contribution in [0.15, 0.2) is 10.5 Å². The summed E-state index contributed by atoms with van der Waals surface area (Å²) >= 11 is 1.70. The van der Waals surface area contributed by atoms with Crippen molar-refractivity contribution in [1.82, 2.24) is 20.4 Å². The molecule has 6 nitrogen and oxygen atoms in total. The summed E-state index contributed by atoms with van der Waals surface area (Å²) in [6, 6.07) is 2.48. The molecule has 1 amide bonds. The number of amides is 1. The van der Waals surface area contributed by atoms with Crippen LogP contribution in [0.25, 0.3) is 10.8 Å². The lowest BCUT2D eigenvalue weighted by Crippen LogP contribution is -2.36. The third-order valence-corrected chi connectivity index (χ3v) is 5.15. The number of hydrogen-bond donors (Lipinski definition) is 1. The average molecular weight is 334 g/mol. The first kappa shape index (κ1) is 16.1. The minimum atomic E-state index is 0.0520. The van der Waals surface area contributed by atoms with E-state index in [0.29, 0.717) is 30.9 Å². The van der Waals surface area contributed by atoms with Crippen molar-refractivity contribution >= 4 is 17.2 Å². The lowest BCUT2D eigenvalue weighted by atomic mass is 10.2. The highest BCUT2D eigenvalue weighted by Crippen LogP contribution is 2.30. The molecule has 3 rings (SSSR count). The maximum Gasteiger partial charge on any atom is 0.257 e. The third kappa shape index (κ3) is 4.17. The maximum absolute atomic E-state index is 11.8. The fraction of sp³-hybridized carbons (Fsp3) is 0.562. The zero-order valence-electron chi connectivity index (χ0n) is 13.8. The van der Waals surface area contributed by atoms with E-state index >= 15 is 0 Å². The van der Waals surface area contributed by atoms with Crippen molar-refractivity contribution in [1.29, 1.82) is 0 Å². The molecule has 2 heterocycles. The Labute approximate surface area is 139 Å². The number of hydrogen-bond acceptors (Lipinski definition) is 6. The summed E-state index contributed by atoms with van der Waals surface area (Å²) < 4.78 is 5.74. The van der Waals surface area contributed by atoms with Crippen LogP contribution in [0.2, 0.25) is 0 Å². The lowest BCUT2D eigenvalue weighted by Gasteiger charge is -2.13. The first-order valence-electron chi connectivity index (χ1n) is 7.95. The molecule has 0 unspecified atom stereocenters. The van der Waals surface area contributed by atoms with Crippen LogP contribution in [-0.4, -0.2) is 40.6 Å². The number of aryl methyl sites for hydroxylation is 2. The third-order valence-electron chi connectivity index (χ3n) is 3.78. The van der Waals surface area contributed by atoms with Crippen LogP contribution in [0, 0.1) is 6.92 Å². The highest BCUT2D eigenvalue weighted by Gasteiger charge is 2.23. The predicted octanol–water partition coefficient (Wildman–Crippen LogP) is 2.38. The Morgan fingerprint density at radius 1 is 1.48 bits per heavy atom. The first-order chi connectivity index (χ1) is 11.0. The van der Waals surface area contributed by atoms with Crippen LogP contribution in [0.5, 0.6) is 0 Å². The molecule has 0 atom stereocenters. The number of carbonyl (C=O) groups is 1. The van der Waals surface area contributed by atoms with Gasteiger partial charge < -0.3 is 9.73 Å². The molecule has 23 heavy (non-hydrogen) atoms. The minimum absolute atomic E-state index is 0.0520. The van der Waals surface area contributed by atoms with Crippen LogP contribution >= 0.6 is 11.3 Å². The molecule has 2 aromatic rings. The Balaban J connectivity index is 1.58. The van der Waals surface area contributed by atoms with Gasteiger partial charge in [0.1, 0.15) is 0 Å². The summed E-state index contributed by atoms with van der Waals surface area (Å²) in [5.41, 5.74) is 1.26. The van der Waals surface area contributed by atoms with Crippen LogP contribution in [0.4, 0.5) is 0 Å². The summed E-state index contributed by atoms with van der Waals surface area (Å²) in [5, 5.41) is 11.2. The summed E-state index contributed by atoms with van der Waals surface area (Å²) in [6.45, 7) is 5.05. The van der Waals surface area contributed by atoms with Crippen molar-refractivity contribution in [3.8, 4) is 10.8 Å². The first-order valence-corrected chi connectivity index (χ1v) is 8.76. The van der Waals surface area contributed by atoms with E-state index < -0.39 is 0 Å². The smallest absolute Gasteiger partial charge is 0.257 e. The number of carbonyl (C=O) groups excluding carboxylic acids is 1. The summed E-state index contributed by atoms with van der Waals surface area (Å²) in [7, 11) is 1.88. The highest BCUT2D eigenvalue weighted by molar-refractivity contribution is 7.15. The fourth-order valence-electron chi connectivity index (χ4n) is 2.43. The van der Waals surface area contributed by atoms with Crippen molar-refractivity contribution in [2.45, 2.75) is 45.7 Å². The van der Waals surface area contributed by atoms with Gasteiger partial charge in [-0.15, -0.1) is 21.5 Å². The molecular weight excluding hydrogens is 312 g/mol. The maximum atomic E-state index is 11.8. The second-order valence-electron chi connectivity index (χ2n) is 6.09. The van der Waals surface area contributed by atoms with Crippen molar-refractivity contribution in [2.24, 2.45) is 0 Å². The molecular formula is C16H22N4O2S. The SMILES string of the molecule is CCc1sc(-c2nnc(CN(C)CC(=O)NC3CC3)o2)cc1C. The van der Waals surface area contributed by atoms with Crippen LogP contribution in [0.3, 0.4) is 0 Å². The van der Waals surface area contributed by atoms with Gasteiger partial charge in [-0.1, -0.05) is 6.92 Å². The predicted molar refractivity (Wildman–Crippen MR) is 89.2 cm³/mol. The molecule has 124 valence electrons. The Morgan fingerprint density at radius 3 is 2.91 bits per heavy atom. The molecule has 7 heteroatoms. The van der Waals surface area contributed by atoms with Gasteiger partial charge in [-0.25, -0.2) is 0 Å². The Morgan fingerprint density at radius 2 is 2.26 bits per heavy atom. The molecule has 0 radical (unpaired) electrons. The second kappa shape index (κ2) is 6.80. The van der Waals surface area contributed by atoms with E-state index in [9.17, 15) is 4.79 Å². The molecule has 1 saturated carbocycles. The van der Waals surface area contributed by atoms with Gasteiger partial charge in [-0.05, 0) is 44.9 Å². The molecule has 1 N–H and O–H groups in total. The molecule has 2 aromatic heterocycles. The van der Waals surface area contributed by atoms with Crippen LogP contribution < -0.4 is 5.32 Å². The molecule has 1 aliphatic rings. The minimum Gasteiger partial charge on any atom is -0.419 e. The molecule has 0 saturated heterocycles. The lowest BCUT2D eigenvalue weighted by molar-refractivity contribution is -0.122. The number of likely N-dealkylation sites (N-methyl/N-ethyl adjacent to an activating group) is 1. The van der Waals surface area contributed by atoms with Gasteiger partial charge in [0.15, 0.2) is 0 Å². The van der Waals surface area contributed by atoms with E-state index in [1.54, 1.807) is 11.3 Å². The largest absolute Gasteiger partial charge is 0.419 e. The summed E-state index contributed by atoms with van der Waals surface area (Å²) in [4.78, 5) is 16.0. The van der Waals surface area contributed by atoms with Gasteiger partial charge in [0.2, 0.25) is 11.8 Å². The topological polar surface area (TPSA) is 71.3 Å². The Hall–Kier alpha value is -1.73. The number of aromatic nitrogens is 2. The molecule has 1 aliphatic carbocycles. The van der Waals surface area contributed by atoms with Crippen LogP contribution in [-0.2, 0) is 17.8 Å². The molecule has 0 aliphatic heterocycles. The van der Waals surface area contributed by atoms with Gasteiger partial charge in [0.25, 0.3) is 5.89 Å². The monoisotopic (exact) mass is 334 g/mol. The second-order valence-corrected chi connectivity index (χ2v) is 7.22. The summed E-state index contributed by atoms with van der Waals surface area (Å²) in [5.74, 6) is 1.14. The number of nitrogens with one attached hydrogen (secondary N) is 1. The van der Waals surface area contributed by atoms with Gasteiger partial charge in [0.05, 0.1) is 18.0 Å². The standard InChI is InChI=1S/C16H22N4O2S/c1-4-12-10(2)7-13(23-12)16-19-18-15(22-16)9-20(3)8-14(21)17-11-5-6-11/h7,11H,4-6,8-9H2,1-3H3,(H,17,21).